The molecule has 1 aromatic rings. The Balaban J connectivity index is 2.20. The lowest BCUT2D eigenvalue weighted by molar-refractivity contribution is -0.152. The van der Waals surface area contributed by atoms with E-state index in [0.717, 1.165) is 0 Å². The van der Waals surface area contributed by atoms with Gasteiger partial charge in [-0.1, -0.05) is 0 Å². The molecule has 1 fully saturated rings. The lowest BCUT2D eigenvalue weighted by Gasteiger charge is -2.31. The van der Waals surface area contributed by atoms with Crippen molar-refractivity contribution in [2.75, 3.05) is 21.3 Å². The minimum Gasteiger partial charge on any atom is -0.497 e. The van der Waals surface area contributed by atoms with Crippen LogP contribution in [-0.4, -0.2) is 39.1 Å². The highest BCUT2D eigenvalue weighted by Gasteiger charge is 2.40. The molecule has 1 saturated carbocycles. The van der Waals surface area contributed by atoms with E-state index in [4.69, 9.17) is 14.2 Å². The Hall–Kier alpha value is -2.37. The normalized spacial score (nSPS) is 23.2. The van der Waals surface area contributed by atoms with Crippen LogP contribution in [-0.2, 0) is 19.1 Å². The van der Waals surface area contributed by atoms with Gasteiger partial charge in [-0.05, 0) is 43.5 Å². The third kappa shape index (κ3) is 3.93. The molecule has 1 aliphatic rings. The van der Waals surface area contributed by atoms with E-state index in [1.807, 2.05) is 0 Å². The largest absolute Gasteiger partial charge is 0.497 e. The number of methoxy groups -OCH3 is 3. The molecule has 0 radical (unpaired) electrons. The summed E-state index contributed by atoms with van der Waals surface area (Å²) < 4.78 is 14.7. The molecule has 0 N–H and O–H groups in total. The Kier molecular flexibility index (Phi) is 5.95. The first-order valence-electron chi connectivity index (χ1n) is 7.84. The van der Waals surface area contributed by atoms with Crippen molar-refractivity contribution in [2.45, 2.75) is 19.3 Å². The fourth-order valence-corrected chi connectivity index (χ4v) is 3.24. The number of Topliss-reactive ketones (excluding diaryl/α,β-unsaturated/α-hetero) is 1. The van der Waals surface area contributed by atoms with E-state index in [1.165, 1.54) is 14.2 Å². The van der Waals surface area contributed by atoms with Crippen LogP contribution in [0.1, 0.15) is 29.6 Å². The fourth-order valence-electron chi connectivity index (χ4n) is 3.24. The molecule has 0 aromatic heterocycles. The molecule has 1 aromatic carbocycles. The second-order valence-electron chi connectivity index (χ2n) is 5.94. The monoisotopic (exact) mass is 334 g/mol. The van der Waals surface area contributed by atoms with Crippen LogP contribution in [0.15, 0.2) is 24.3 Å². The van der Waals surface area contributed by atoms with Crippen molar-refractivity contribution in [3.63, 3.8) is 0 Å². The van der Waals surface area contributed by atoms with Crippen molar-refractivity contribution in [3.05, 3.63) is 29.8 Å². The number of ketones is 1. The van der Waals surface area contributed by atoms with Gasteiger partial charge in [-0.15, -0.1) is 0 Å². The smallest absolute Gasteiger partial charge is 0.308 e. The van der Waals surface area contributed by atoms with Crippen LogP contribution in [0.5, 0.6) is 5.75 Å². The summed E-state index contributed by atoms with van der Waals surface area (Å²) in [4.78, 5) is 36.6. The average molecular weight is 334 g/mol. The molecule has 0 heterocycles. The van der Waals surface area contributed by atoms with Crippen molar-refractivity contribution in [3.8, 4) is 5.75 Å². The summed E-state index contributed by atoms with van der Waals surface area (Å²) in [5.74, 6) is -1.57. The number of hydrogen-bond donors (Lipinski definition) is 0. The Bertz CT molecular complexity index is 582. The zero-order valence-electron chi connectivity index (χ0n) is 14.1. The number of esters is 2. The van der Waals surface area contributed by atoms with Gasteiger partial charge in [0.05, 0.1) is 33.2 Å². The van der Waals surface area contributed by atoms with E-state index >= 15 is 0 Å². The lowest BCUT2D eigenvalue weighted by Crippen LogP contribution is -2.36. The SMILES string of the molecule is COC(=O)[C@@H]1CC(C(=O)c2ccc(OC)cc2)C[C@H](C(=O)OC)C1. The van der Waals surface area contributed by atoms with E-state index in [2.05, 4.69) is 0 Å². The first kappa shape index (κ1) is 18.0. The third-order valence-electron chi connectivity index (χ3n) is 4.52. The van der Waals surface area contributed by atoms with Gasteiger partial charge in [0.15, 0.2) is 5.78 Å². The van der Waals surface area contributed by atoms with Crippen LogP contribution in [0, 0.1) is 17.8 Å². The average Bonchev–Trinajstić information content (AvgIpc) is 2.65. The molecule has 6 nitrogen and oxygen atoms in total. The number of ether oxygens (including phenoxy) is 3. The van der Waals surface area contributed by atoms with Crippen LogP contribution >= 0.6 is 0 Å². The van der Waals surface area contributed by atoms with Gasteiger partial charge in [-0.25, -0.2) is 0 Å². The van der Waals surface area contributed by atoms with Gasteiger partial charge in [-0.3, -0.25) is 14.4 Å². The fraction of sp³-hybridized carbons (Fsp3) is 0.500. The topological polar surface area (TPSA) is 78.9 Å². The second-order valence-corrected chi connectivity index (χ2v) is 5.94. The highest BCUT2D eigenvalue weighted by atomic mass is 16.5. The molecule has 0 saturated heterocycles. The van der Waals surface area contributed by atoms with Crippen LogP contribution in [0.25, 0.3) is 0 Å². The van der Waals surface area contributed by atoms with Gasteiger partial charge < -0.3 is 14.2 Å². The van der Waals surface area contributed by atoms with E-state index in [1.54, 1.807) is 31.4 Å². The van der Waals surface area contributed by atoms with Crippen LogP contribution in [0.3, 0.4) is 0 Å². The van der Waals surface area contributed by atoms with Gasteiger partial charge in [0.25, 0.3) is 0 Å². The lowest BCUT2D eigenvalue weighted by atomic mass is 9.72. The van der Waals surface area contributed by atoms with Crippen molar-refractivity contribution in [2.24, 2.45) is 17.8 Å². The van der Waals surface area contributed by atoms with E-state index < -0.39 is 29.7 Å². The highest BCUT2D eigenvalue weighted by Crippen LogP contribution is 2.36. The summed E-state index contributed by atoms with van der Waals surface area (Å²) >= 11 is 0. The molecular weight excluding hydrogens is 312 g/mol. The quantitative estimate of drug-likeness (QED) is 0.607. The summed E-state index contributed by atoms with van der Waals surface area (Å²) in [6, 6.07) is 6.81. The molecule has 0 spiro atoms. The maximum absolute atomic E-state index is 12.8. The first-order chi connectivity index (χ1) is 11.5. The summed E-state index contributed by atoms with van der Waals surface area (Å²) in [6.45, 7) is 0. The number of hydrogen-bond acceptors (Lipinski definition) is 6. The standard InChI is InChI=1S/C18H22O6/c1-22-15-6-4-11(5-7-15)16(19)12-8-13(17(20)23-2)10-14(9-12)18(21)24-3/h4-7,12-14H,8-10H2,1-3H3/t12?,13-,14+. The van der Waals surface area contributed by atoms with E-state index in [-0.39, 0.29) is 5.78 Å². The van der Waals surface area contributed by atoms with Crippen molar-refractivity contribution in [1.82, 2.24) is 0 Å². The Morgan fingerprint density at radius 2 is 1.25 bits per heavy atom. The van der Waals surface area contributed by atoms with Gasteiger partial charge >= 0.3 is 11.9 Å². The molecule has 1 aliphatic carbocycles. The predicted octanol–water partition coefficient (Wildman–Crippen LogP) is 2.26. The molecule has 0 amide bonds. The number of carbonyl (C=O) groups excluding carboxylic acids is 3. The maximum atomic E-state index is 12.8. The molecule has 0 aliphatic heterocycles. The molecule has 3 atom stereocenters. The third-order valence-corrected chi connectivity index (χ3v) is 4.52. The van der Waals surface area contributed by atoms with Crippen molar-refractivity contribution in [1.29, 1.82) is 0 Å². The molecule has 24 heavy (non-hydrogen) atoms. The van der Waals surface area contributed by atoms with Crippen molar-refractivity contribution < 1.29 is 28.6 Å². The molecule has 6 heteroatoms. The summed E-state index contributed by atoms with van der Waals surface area (Å²) in [5.41, 5.74) is 0.537. The number of rotatable bonds is 5. The van der Waals surface area contributed by atoms with Crippen molar-refractivity contribution >= 4 is 17.7 Å². The van der Waals surface area contributed by atoms with E-state index in [9.17, 15) is 14.4 Å². The van der Waals surface area contributed by atoms with E-state index in [0.29, 0.717) is 30.6 Å². The predicted molar refractivity (Wildman–Crippen MR) is 85.7 cm³/mol. The summed E-state index contributed by atoms with van der Waals surface area (Å²) in [6.07, 6.45) is 1.11. The Morgan fingerprint density at radius 1 is 0.792 bits per heavy atom. The van der Waals surface area contributed by atoms with Crippen LogP contribution < -0.4 is 4.74 Å². The van der Waals surface area contributed by atoms with Crippen LogP contribution in [0.4, 0.5) is 0 Å². The molecule has 0 bridgehead atoms. The molecule has 1 unspecified atom stereocenters. The van der Waals surface area contributed by atoms with Gasteiger partial charge in [-0.2, -0.15) is 0 Å². The number of benzene rings is 1. The highest BCUT2D eigenvalue weighted by molar-refractivity contribution is 5.98. The maximum Gasteiger partial charge on any atom is 0.308 e. The molecular formula is C18H22O6. The summed E-state index contributed by atoms with van der Waals surface area (Å²) in [5, 5.41) is 0. The molecule has 2 rings (SSSR count). The minimum absolute atomic E-state index is 0.0832. The first-order valence-corrected chi connectivity index (χ1v) is 7.84. The summed E-state index contributed by atoms with van der Waals surface area (Å²) in [7, 11) is 4.18. The van der Waals surface area contributed by atoms with Gasteiger partial charge in [0, 0.05) is 11.5 Å². The zero-order chi connectivity index (χ0) is 17.7. The Labute approximate surface area is 141 Å². The Morgan fingerprint density at radius 3 is 1.67 bits per heavy atom. The van der Waals surface area contributed by atoms with Gasteiger partial charge in [0.2, 0.25) is 0 Å². The minimum atomic E-state index is -0.472. The second kappa shape index (κ2) is 7.95. The van der Waals surface area contributed by atoms with Gasteiger partial charge in [0.1, 0.15) is 5.75 Å². The molecule has 130 valence electrons. The zero-order valence-corrected chi connectivity index (χ0v) is 14.1. The van der Waals surface area contributed by atoms with Crippen LogP contribution in [0.2, 0.25) is 0 Å². The number of carbonyl (C=O) groups is 3.